The predicted octanol–water partition coefficient (Wildman–Crippen LogP) is 3.44. The van der Waals surface area contributed by atoms with Crippen molar-refractivity contribution < 1.29 is 0 Å². The lowest BCUT2D eigenvalue weighted by atomic mass is 10.1. The van der Waals surface area contributed by atoms with Crippen LogP contribution in [0, 0.1) is 0 Å². The van der Waals surface area contributed by atoms with Crippen LogP contribution in [0.1, 0.15) is 12.8 Å². The van der Waals surface area contributed by atoms with E-state index in [4.69, 9.17) is 34.7 Å². The van der Waals surface area contributed by atoms with E-state index in [1.54, 1.807) is 12.3 Å². The first-order valence-corrected chi connectivity index (χ1v) is 8.86. The molecule has 1 aromatic heterocycles. The average molecular weight is 370 g/mol. The van der Waals surface area contributed by atoms with E-state index < -0.39 is 0 Å². The Bertz CT molecular complexity index is 712. The van der Waals surface area contributed by atoms with Gasteiger partial charge in [0.05, 0.1) is 16.2 Å². The molecule has 0 amide bonds. The van der Waals surface area contributed by atoms with Gasteiger partial charge in [-0.05, 0) is 25.0 Å². The predicted molar refractivity (Wildman–Crippen MR) is 96.5 cm³/mol. The number of nitrogens with two attached hydrogens (primary N) is 2. The Morgan fingerprint density at radius 2 is 2.13 bits per heavy atom. The molecule has 0 saturated carbocycles. The van der Waals surface area contributed by atoms with Gasteiger partial charge in [-0.2, -0.15) is 0 Å². The Hall–Kier alpha value is -1.21. The molecule has 1 atom stereocenters. The van der Waals surface area contributed by atoms with Gasteiger partial charge in [0.25, 0.3) is 0 Å². The van der Waals surface area contributed by atoms with E-state index in [9.17, 15) is 0 Å². The third-order valence-electron chi connectivity index (χ3n) is 3.66. The first-order valence-electron chi connectivity index (χ1n) is 7.29. The minimum atomic E-state index is 0.172. The summed E-state index contributed by atoms with van der Waals surface area (Å²) in [5, 5.41) is 1.60. The molecule has 2 heterocycles. The lowest BCUT2D eigenvalue weighted by Crippen LogP contribution is -2.43. The molecule has 0 spiro atoms. The topological polar surface area (TPSA) is 81.1 Å². The summed E-state index contributed by atoms with van der Waals surface area (Å²) >= 11 is 13.6. The molecule has 1 saturated heterocycles. The maximum atomic E-state index is 6.20. The maximum Gasteiger partial charge on any atom is 0.158 e. The molecule has 2 aromatic rings. The quantitative estimate of drug-likeness (QED) is 0.862. The second-order valence-corrected chi connectivity index (χ2v) is 7.24. The Kier molecular flexibility index (Phi) is 5.16. The zero-order valence-corrected chi connectivity index (χ0v) is 14.7. The van der Waals surface area contributed by atoms with Crippen LogP contribution in [0.25, 0.3) is 0 Å². The second-order valence-electron chi connectivity index (χ2n) is 5.42. The Labute approximate surface area is 149 Å². The van der Waals surface area contributed by atoms with Gasteiger partial charge in [-0.25, -0.2) is 9.97 Å². The van der Waals surface area contributed by atoms with Crippen molar-refractivity contribution >= 4 is 46.6 Å². The lowest BCUT2D eigenvalue weighted by Gasteiger charge is -2.31. The smallest absolute Gasteiger partial charge is 0.158 e. The summed E-state index contributed by atoms with van der Waals surface area (Å²) in [6.07, 6.45) is 3.83. The van der Waals surface area contributed by atoms with Gasteiger partial charge >= 0.3 is 0 Å². The molecule has 4 N–H and O–H groups in total. The molecular weight excluding hydrogens is 353 g/mol. The summed E-state index contributed by atoms with van der Waals surface area (Å²) < 4.78 is 0. The number of hydrogen-bond acceptors (Lipinski definition) is 6. The molecule has 122 valence electrons. The highest BCUT2D eigenvalue weighted by Gasteiger charge is 2.19. The molecule has 8 heteroatoms. The van der Waals surface area contributed by atoms with Gasteiger partial charge in [0.1, 0.15) is 10.8 Å². The van der Waals surface area contributed by atoms with Crippen molar-refractivity contribution in [2.75, 3.05) is 23.7 Å². The van der Waals surface area contributed by atoms with Gasteiger partial charge in [-0.3, -0.25) is 0 Å². The fraction of sp³-hybridized carbons (Fsp3) is 0.333. The molecule has 1 fully saturated rings. The zero-order chi connectivity index (χ0) is 16.4. The fourth-order valence-electron chi connectivity index (χ4n) is 2.50. The largest absolute Gasteiger partial charge is 0.381 e. The number of nitrogens with zero attached hydrogens (tertiary/aromatic N) is 3. The molecule has 1 unspecified atom stereocenters. The molecule has 0 bridgehead atoms. The van der Waals surface area contributed by atoms with Crippen LogP contribution in [-0.4, -0.2) is 29.1 Å². The summed E-state index contributed by atoms with van der Waals surface area (Å²) in [6, 6.07) is 5.62. The summed E-state index contributed by atoms with van der Waals surface area (Å²) in [5.74, 6) is 1.14. The summed E-state index contributed by atoms with van der Waals surface area (Å²) in [6.45, 7) is 1.70. The van der Waals surface area contributed by atoms with Gasteiger partial charge < -0.3 is 16.4 Å². The number of rotatable bonds is 3. The van der Waals surface area contributed by atoms with Crippen molar-refractivity contribution in [1.82, 2.24) is 9.97 Å². The number of halogens is 2. The second kappa shape index (κ2) is 7.13. The number of nitrogen functional groups attached to an aromatic ring is 1. The van der Waals surface area contributed by atoms with Gasteiger partial charge in [-0.1, -0.05) is 41.0 Å². The molecule has 1 aromatic carbocycles. The number of aromatic nitrogens is 2. The fourth-order valence-corrected chi connectivity index (χ4v) is 3.78. The van der Waals surface area contributed by atoms with Crippen LogP contribution in [0.5, 0.6) is 0 Å². The molecule has 1 aliphatic rings. The third kappa shape index (κ3) is 3.83. The number of piperidine rings is 1. The average Bonchev–Trinajstić information content (AvgIpc) is 2.53. The highest BCUT2D eigenvalue weighted by atomic mass is 35.5. The van der Waals surface area contributed by atoms with E-state index in [0.717, 1.165) is 36.6 Å². The molecule has 5 nitrogen and oxygen atoms in total. The van der Waals surface area contributed by atoms with Crippen molar-refractivity contribution in [1.29, 1.82) is 0 Å². The van der Waals surface area contributed by atoms with E-state index in [0.29, 0.717) is 20.9 Å². The minimum Gasteiger partial charge on any atom is -0.381 e. The van der Waals surface area contributed by atoms with Crippen LogP contribution in [-0.2, 0) is 0 Å². The van der Waals surface area contributed by atoms with Crippen LogP contribution in [0.3, 0.4) is 0 Å². The van der Waals surface area contributed by atoms with Crippen molar-refractivity contribution in [3.63, 3.8) is 0 Å². The van der Waals surface area contributed by atoms with E-state index >= 15 is 0 Å². The van der Waals surface area contributed by atoms with Gasteiger partial charge in [0.15, 0.2) is 5.82 Å². The van der Waals surface area contributed by atoms with Gasteiger partial charge in [0, 0.05) is 24.0 Å². The van der Waals surface area contributed by atoms with Crippen molar-refractivity contribution in [2.45, 2.75) is 28.8 Å². The van der Waals surface area contributed by atoms with E-state index in [1.165, 1.54) is 11.8 Å². The van der Waals surface area contributed by atoms with Gasteiger partial charge in [0.2, 0.25) is 0 Å². The van der Waals surface area contributed by atoms with E-state index in [1.807, 2.05) is 12.1 Å². The number of hydrogen-bond donors (Lipinski definition) is 2. The first kappa shape index (κ1) is 16.6. The number of benzene rings is 1. The van der Waals surface area contributed by atoms with Gasteiger partial charge in [-0.15, -0.1) is 0 Å². The van der Waals surface area contributed by atoms with Crippen LogP contribution < -0.4 is 16.4 Å². The number of anilines is 2. The summed E-state index contributed by atoms with van der Waals surface area (Å²) in [5.41, 5.74) is 12.1. The first-order chi connectivity index (χ1) is 11.0. The van der Waals surface area contributed by atoms with Crippen LogP contribution in [0.4, 0.5) is 11.6 Å². The maximum absolute atomic E-state index is 6.20. The molecule has 0 aliphatic carbocycles. The summed E-state index contributed by atoms with van der Waals surface area (Å²) in [4.78, 5) is 11.8. The Morgan fingerprint density at radius 1 is 1.30 bits per heavy atom. The highest BCUT2D eigenvalue weighted by molar-refractivity contribution is 7.99. The zero-order valence-electron chi connectivity index (χ0n) is 12.4. The summed E-state index contributed by atoms with van der Waals surface area (Å²) in [7, 11) is 0. The molecule has 1 aliphatic heterocycles. The SMILES string of the molecule is Nc1nc(N2CCCC(N)C2)cnc1Sc1cccc(Cl)c1Cl. The lowest BCUT2D eigenvalue weighted by molar-refractivity contribution is 0.502. The van der Waals surface area contributed by atoms with Crippen LogP contribution >= 0.6 is 35.0 Å². The molecule has 3 rings (SSSR count). The highest BCUT2D eigenvalue weighted by Crippen LogP contribution is 2.38. The minimum absolute atomic E-state index is 0.172. The Morgan fingerprint density at radius 3 is 2.87 bits per heavy atom. The van der Waals surface area contributed by atoms with Crippen molar-refractivity contribution in [3.05, 3.63) is 34.4 Å². The van der Waals surface area contributed by atoms with Crippen molar-refractivity contribution in [3.8, 4) is 0 Å². The van der Waals surface area contributed by atoms with Crippen LogP contribution in [0.15, 0.2) is 34.3 Å². The van der Waals surface area contributed by atoms with E-state index in [-0.39, 0.29) is 6.04 Å². The molecule has 23 heavy (non-hydrogen) atoms. The molecular formula is C15H17Cl2N5S. The van der Waals surface area contributed by atoms with E-state index in [2.05, 4.69) is 14.9 Å². The standard InChI is InChI=1S/C15H17Cl2N5S/c16-10-4-1-5-11(13(10)17)23-15-14(19)21-12(7-20-15)22-6-2-3-9(18)8-22/h1,4-5,7,9H,2-3,6,8,18H2,(H2,19,21). The van der Waals surface area contributed by atoms with Crippen molar-refractivity contribution in [2.24, 2.45) is 5.73 Å². The normalized spacial score (nSPS) is 18.2. The molecule has 0 radical (unpaired) electrons. The Balaban J connectivity index is 1.81. The van der Waals surface area contributed by atoms with Crippen LogP contribution in [0.2, 0.25) is 10.0 Å². The third-order valence-corrected chi connectivity index (χ3v) is 5.66. The monoisotopic (exact) mass is 369 g/mol.